The molecule has 0 amide bonds. The first-order chi connectivity index (χ1) is 6.61. The summed E-state index contributed by atoms with van der Waals surface area (Å²) in [6.45, 7) is 0. The van der Waals surface area contributed by atoms with Crippen LogP contribution in [-0.2, 0) is 0 Å². The fourth-order valence-electron chi connectivity index (χ4n) is 1.26. The van der Waals surface area contributed by atoms with Gasteiger partial charge >= 0.3 is 5.97 Å². The molecule has 0 atom stereocenters. The van der Waals surface area contributed by atoms with Gasteiger partial charge in [0.25, 0.3) is 0 Å². The molecule has 14 heavy (non-hydrogen) atoms. The van der Waals surface area contributed by atoms with E-state index in [1.165, 1.54) is 0 Å². The van der Waals surface area contributed by atoms with Crippen molar-refractivity contribution in [3.8, 4) is 0 Å². The van der Waals surface area contributed by atoms with Gasteiger partial charge in [0.1, 0.15) is 5.56 Å². The van der Waals surface area contributed by atoms with Crippen molar-refractivity contribution in [2.75, 3.05) is 0 Å². The highest BCUT2D eigenvalue weighted by Gasteiger charge is 2.19. The number of para-hydroxylation sites is 1. The van der Waals surface area contributed by atoms with Crippen molar-refractivity contribution in [1.29, 1.82) is 0 Å². The Kier molecular flexibility index (Phi) is 2.25. The Hall–Kier alpha value is -1.00. The molecule has 0 saturated heterocycles. The lowest BCUT2D eigenvalue weighted by molar-refractivity contribution is 0.0696. The van der Waals surface area contributed by atoms with E-state index in [1.54, 1.807) is 18.2 Å². The predicted molar refractivity (Wildman–Crippen MR) is 55.9 cm³/mol. The first kappa shape index (κ1) is 9.55. The topological polar surface area (TPSA) is 50.4 Å². The lowest BCUT2D eigenvalue weighted by Crippen LogP contribution is -1.94. The number of rotatable bonds is 1. The van der Waals surface area contributed by atoms with Crippen LogP contribution in [0.25, 0.3) is 11.0 Å². The number of fused-ring (bicyclic) bond motifs is 1. The number of furan rings is 1. The molecule has 1 N–H and O–H groups in total. The molecule has 0 aliphatic rings. The smallest absolute Gasteiger partial charge is 0.340 e. The third kappa shape index (κ3) is 1.31. The maximum Gasteiger partial charge on any atom is 0.340 e. The van der Waals surface area contributed by atoms with Crippen LogP contribution in [0.2, 0.25) is 5.02 Å². The number of carbonyl (C=O) groups is 1. The molecule has 0 saturated carbocycles. The summed E-state index contributed by atoms with van der Waals surface area (Å²) in [7, 11) is 0. The van der Waals surface area contributed by atoms with Gasteiger partial charge in [-0.05, 0) is 22.0 Å². The number of hydrogen-bond acceptors (Lipinski definition) is 2. The molecule has 0 unspecified atom stereocenters. The molecular formula is C9H4BrClO3. The van der Waals surface area contributed by atoms with E-state index in [9.17, 15) is 4.79 Å². The third-order valence-corrected chi connectivity index (χ3v) is 2.69. The molecule has 0 bridgehead atoms. The zero-order valence-corrected chi connectivity index (χ0v) is 9.09. The largest absolute Gasteiger partial charge is 0.478 e. The van der Waals surface area contributed by atoms with Crippen molar-refractivity contribution in [2.24, 2.45) is 0 Å². The fraction of sp³-hybridized carbons (Fsp3) is 0. The van der Waals surface area contributed by atoms with Crippen LogP contribution in [0.1, 0.15) is 10.4 Å². The fourth-order valence-corrected chi connectivity index (χ4v) is 2.01. The molecule has 1 heterocycles. The molecule has 0 radical (unpaired) electrons. The van der Waals surface area contributed by atoms with Crippen LogP contribution in [0.5, 0.6) is 0 Å². The Bertz CT molecular complexity index is 518. The van der Waals surface area contributed by atoms with Crippen molar-refractivity contribution < 1.29 is 14.3 Å². The van der Waals surface area contributed by atoms with Crippen LogP contribution in [-0.4, -0.2) is 11.1 Å². The summed E-state index contributed by atoms with van der Waals surface area (Å²) in [5.41, 5.74) is 0.487. The first-order valence-corrected chi connectivity index (χ1v) is 4.88. The number of hydrogen-bond donors (Lipinski definition) is 1. The summed E-state index contributed by atoms with van der Waals surface area (Å²) < 4.78 is 5.38. The van der Waals surface area contributed by atoms with Crippen LogP contribution < -0.4 is 0 Å². The number of halogens is 2. The van der Waals surface area contributed by atoms with E-state index in [4.69, 9.17) is 21.1 Å². The summed E-state index contributed by atoms with van der Waals surface area (Å²) >= 11 is 8.88. The average Bonchev–Trinajstić information content (AvgIpc) is 2.42. The molecule has 3 nitrogen and oxygen atoms in total. The van der Waals surface area contributed by atoms with Gasteiger partial charge in [0, 0.05) is 5.39 Å². The molecule has 1 aromatic heterocycles. The molecule has 0 aliphatic heterocycles. The van der Waals surface area contributed by atoms with E-state index < -0.39 is 5.97 Å². The van der Waals surface area contributed by atoms with Gasteiger partial charge in [-0.25, -0.2) is 4.79 Å². The Morgan fingerprint density at radius 2 is 2.21 bits per heavy atom. The van der Waals surface area contributed by atoms with Gasteiger partial charge in [0.15, 0.2) is 10.3 Å². The zero-order valence-electron chi connectivity index (χ0n) is 6.75. The Morgan fingerprint density at radius 3 is 2.86 bits per heavy atom. The van der Waals surface area contributed by atoms with Crippen LogP contribution >= 0.6 is 27.5 Å². The van der Waals surface area contributed by atoms with Crippen molar-refractivity contribution in [3.05, 3.63) is 33.5 Å². The first-order valence-electron chi connectivity index (χ1n) is 3.71. The second-order valence-corrected chi connectivity index (χ2v) is 3.80. The lowest BCUT2D eigenvalue weighted by atomic mass is 10.2. The van der Waals surface area contributed by atoms with E-state index >= 15 is 0 Å². The van der Waals surface area contributed by atoms with Gasteiger partial charge in [0.2, 0.25) is 0 Å². The van der Waals surface area contributed by atoms with Gasteiger partial charge < -0.3 is 9.52 Å². The van der Waals surface area contributed by atoms with Crippen LogP contribution in [0.15, 0.2) is 27.3 Å². The summed E-state index contributed by atoms with van der Waals surface area (Å²) in [6.07, 6.45) is 0. The average molecular weight is 275 g/mol. The minimum Gasteiger partial charge on any atom is -0.478 e. The number of aromatic carboxylic acids is 1. The van der Waals surface area contributed by atoms with Gasteiger partial charge in [-0.1, -0.05) is 23.7 Å². The summed E-state index contributed by atoms with van der Waals surface area (Å²) in [6, 6.07) is 4.98. The number of carboxylic acid groups (broad SMARTS) is 1. The molecule has 0 spiro atoms. The van der Waals surface area contributed by atoms with Crippen molar-refractivity contribution in [3.63, 3.8) is 0 Å². The Labute approximate surface area is 92.4 Å². The summed E-state index contributed by atoms with van der Waals surface area (Å²) in [4.78, 5) is 10.9. The number of carboxylic acids is 1. The predicted octanol–water partition coefficient (Wildman–Crippen LogP) is 3.55. The van der Waals surface area contributed by atoms with E-state index in [0.29, 0.717) is 16.0 Å². The standard InChI is InChI=1S/C9H4BrClO3/c10-8-6(9(12)13)4-2-1-3-5(11)7(4)14-8/h1-3H,(H,12,13). The maximum atomic E-state index is 10.9. The Morgan fingerprint density at radius 1 is 1.50 bits per heavy atom. The molecule has 1 aromatic carbocycles. The quantitative estimate of drug-likeness (QED) is 0.866. The molecule has 2 aromatic rings. The van der Waals surface area contributed by atoms with Crippen molar-refractivity contribution >= 4 is 44.5 Å². The van der Waals surface area contributed by atoms with Gasteiger partial charge in [-0.3, -0.25) is 0 Å². The molecule has 2 rings (SSSR count). The van der Waals surface area contributed by atoms with Crippen LogP contribution in [0.4, 0.5) is 0 Å². The molecule has 0 fully saturated rings. The number of benzene rings is 1. The minimum absolute atomic E-state index is 0.0995. The van der Waals surface area contributed by atoms with E-state index in [2.05, 4.69) is 15.9 Å². The van der Waals surface area contributed by atoms with Gasteiger partial charge in [-0.15, -0.1) is 0 Å². The minimum atomic E-state index is -1.04. The highest BCUT2D eigenvalue weighted by atomic mass is 79.9. The summed E-state index contributed by atoms with van der Waals surface area (Å²) in [5.74, 6) is -1.04. The zero-order chi connectivity index (χ0) is 10.3. The molecular weight excluding hydrogens is 271 g/mol. The van der Waals surface area contributed by atoms with E-state index in [0.717, 1.165) is 0 Å². The summed E-state index contributed by atoms with van der Waals surface area (Å²) in [5, 5.41) is 9.81. The van der Waals surface area contributed by atoms with E-state index in [-0.39, 0.29) is 10.2 Å². The Balaban J connectivity index is 2.90. The molecule has 72 valence electrons. The lowest BCUT2D eigenvalue weighted by Gasteiger charge is -1.91. The van der Waals surface area contributed by atoms with Crippen molar-refractivity contribution in [1.82, 2.24) is 0 Å². The highest BCUT2D eigenvalue weighted by molar-refractivity contribution is 9.10. The van der Waals surface area contributed by atoms with E-state index in [1.807, 2.05) is 0 Å². The monoisotopic (exact) mass is 274 g/mol. The van der Waals surface area contributed by atoms with Crippen molar-refractivity contribution in [2.45, 2.75) is 0 Å². The second kappa shape index (κ2) is 3.29. The molecule has 5 heteroatoms. The van der Waals surface area contributed by atoms with Crippen LogP contribution in [0, 0.1) is 0 Å². The van der Waals surface area contributed by atoms with Gasteiger partial charge in [0.05, 0.1) is 5.02 Å². The third-order valence-electron chi connectivity index (χ3n) is 1.84. The molecule has 0 aliphatic carbocycles. The van der Waals surface area contributed by atoms with Crippen LogP contribution in [0.3, 0.4) is 0 Å². The maximum absolute atomic E-state index is 10.9. The SMILES string of the molecule is O=C(O)c1c(Br)oc2c(Cl)cccc12. The highest BCUT2D eigenvalue weighted by Crippen LogP contribution is 2.33. The second-order valence-electron chi connectivity index (χ2n) is 2.67. The normalized spacial score (nSPS) is 10.7. The van der Waals surface area contributed by atoms with Gasteiger partial charge in [-0.2, -0.15) is 0 Å².